The third kappa shape index (κ3) is 2.98. The highest BCUT2D eigenvalue weighted by molar-refractivity contribution is 7.71. The van der Waals surface area contributed by atoms with E-state index in [2.05, 4.69) is 39.8 Å². The number of rotatable bonds is 5. The maximum absolute atomic E-state index is 5.77. The van der Waals surface area contributed by atoms with Crippen molar-refractivity contribution in [2.45, 2.75) is 58.1 Å². The smallest absolute Gasteiger partial charge is 0.216 e. The summed E-state index contributed by atoms with van der Waals surface area (Å²) in [6, 6.07) is 2.17. The van der Waals surface area contributed by atoms with Crippen molar-refractivity contribution in [3.8, 4) is 0 Å². The number of aromatic amines is 1. The molecule has 1 saturated heterocycles. The molecule has 1 aliphatic carbocycles. The van der Waals surface area contributed by atoms with Crippen molar-refractivity contribution in [2.24, 2.45) is 5.10 Å². The van der Waals surface area contributed by atoms with E-state index in [1.165, 1.54) is 30.7 Å². The Balaban J connectivity index is 1.58. The molecule has 0 spiro atoms. The van der Waals surface area contributed by atoms with Crippen LogP contribution in [0.1, 0.15) is 54.4 Å². The summed E-state index contributed by atoms with van der Waals surface area (Å²) < 4.78 is 10.4. The summed E-state index contributed by atoms with van der Waals surface area (Å²) >= 11 is 5.30. The first kappa shape index (κ1) is 15.8. The summed E-state index contributed by atoms with van der Waals surface area (Å²) in [6.45, 7) is 6.09. The Hall–Kier alpha value is -1.73. The number of H-pyrrole nitrogens is 1. The zero-order valence-corrected chi connectivity index (χ0v) is 15.0. The van der Waals surface area contributed by atoms with Gasteiger partial charge in [0.25, 0.3) is 0 Å². The van der Waals surface area contributed by atoms with Gasteiger partial charge in [-0.3, -0.25) is 5.10 Å². The van der Waals surface area contributed by atoms with E-state index in [1.807, 2.05) is 6.21 Å². The molecule has 2 fully saturated rings. The lowest BCUT2D eigenvalue weighted by atomic mass is 10.2. The van der Waals surface area contributed by atoms with Gasteiger partial charge in [0.05, 0.1) is 12.3 Å². The summed E-state index contributed by atoms with van der Waals surface area (Å²) in [4.78, 5) is 0. The van der Waals surface area contributed by atoms with E-state index in [1.54, 1.807) is 4.68 Å². The molecule has 4 rings (SSSR count). The van der Waals surface area contributed by atoms with Gasteiger partial charge >= 0.3 is 0 Å². The highest BCUT2D eigenvalue weighted by Crippen LogP contribution is 2.38. The van der Waals surface area contributed by atoms with Crippen LogP contribution in [0.4, 0.5) is 0 Å². The predicted molar refractivity (Wildman–Crippen MR) is 95.3 cm³/mol. The van der Waals surface area contributed by atoms with Gasteiger partial charge in [-0.05, 0) is 57.8 Å². The molecule has 24 heavy (non-hydrogen) atoms. The van der Waals surface area contributed by atoms with Gasteiger partial charge in [-0.15, -0.1) is 0 Å². The lowest BCUT2D eigenvalue weighted by molar-refractivity contribution is 0.0962. The van der Waals surface area contributed by atoms with E-state index in [0.29, 0.717) is 16.8 Å². The van der Waals surface area contributed by atoms with E-state index < -0.39 is 0 Å². The van der Waals surface area contributed by atoms with Gasteiger partial charge in [0.15, 0.2) is 5.82 Å². The summed E-state index contributed by atoms with van der Waals surface area (Å²) in [6.07, 6.45) is 6.89. The molecule has 1 saturated carbocycles. The molecule has 3 heterocycles. The molecular weight excluding hydrogens is 322 g/mol. The number of aromatic nitrogens is 4. The van der Waals surface area contributed by atoms with Crippen LogP contribution in [0.2, 0.25) is 0 Å². The van der Waals surface area contributed by atoms with Gasteiger partial charge in [-0.25, -0.2) is 0 Å². The van der Waals surface area contributed by atoms with Gasteiger partial charge in [0.2, 0.25) is 4.77 Å². The van der Waals surface area contributed by atoms with Crippen LogP contribution < -0.4 is 0 Å². The Morgan fingerprint density at radius 1 is 1.42 bits per heavy atom. The van der Waals surface area contributed by atoms with Crippen molar-refractivity contribution in [3.63, 3.8) is 0 Å². The van der Waals surface area contributed by atoms with Crippen molar-refractivity contribution in [1.29, 1.82) is 0 Å². The molecule has 1 aliphatic heterocycles. The topological polar surface area (TPSA) is 60.1 Å². The molecule has 2 aromatic rings. The van der Waals surface area contributed by atoms with Gasteiger partial charge in [-0.2, -0.15) is 14.9 Å². The Bertz CT molecular complexity index is 821. The minimum Gasteiger partial charge on any atom is -0.376 e. The molecule has 7 heteroatoms. The van der Waals surface area contributed by atoms with Crippen LogP contribution in [0.25, 0.3) is 0 Å². The first-order valence-electron chi connectivity index (χ1n) is 8.63. The first-order chi connectivity index (χ1) is 11.6. The molecule has 0 aromatic carbocycles. The summed E-state index contributed by atoms with van der Waals surface area (Å²) in [5, 5.41) is 11.8. The maximum atomic E-state index is 5.77. The average Bonchev–Trinajstić information content (AvgIpc) is 3.05. The molecule has 1 N–H and O–H groups in total. The van der Waals surface area contributed by atoms with Crippen molar-refractivity contribution in [2.75, 3.05) is 6.61 Å². The predicted octanol–water partition coefficient (Wildman–Crippen LogP) is 3.30. The van der Waals surface area contributed by atoms with Crippen LogP contribution in [0, 0.1) is 18.6 Å². The van der Waals surface area contributed by atoms with Crippen molar-refractivity contribution >= 4 is 18.4 Å². The second-order valence-corrected chi connectivity index (χ2v) is 7.18. The van der Waals surface area contributed by atoms with E-state index in [0.717, 1.165) is 31.0 Å². The second kappa shape index (κ2) is 6.29. The fraction of sp³-hybridized carbons (Fsp3) is 0.588. The number of ether oxygens (including phenoxy) is 1. The number of hydrogen-bond donors (Lipinski definition) is 1. The van der Waals surface area contributed by atoms with Crippen LogP contribution in [-0.2, 0) is 11.3 Å². The van der Waals surface area contributed by atoms with Crippen LogP contribution in [0.3, 0.4) is 0 Å². The van der Waals surface area contributed by atoms with Crippen LogP contribution in [0.5, 0.6) is 0 Å². The molecule has 2 aliphatic rings. The zero-order valence-electron chi connectivity index (χ0n) is 14.2. The normalized spacial score (nSPS) is 21.2. The average molecular weight is 345 g/mol. The van der Waals surface area contributed by atoms with Crippen LogP contribution in [0.15, 0.2) is 11.2 Å². The monoisotopic (exact) mass is 345 g/mol. The molecule has 0 unspecified atom stereocenters. The Labute approximate surface area is 146 Å². The minimum absolute atomic E-state index is 0.337. The number of hydrogen-bond acceptors (Lipinski definition) is 4. The van der Waals surface area contributed by atoms with E-state index in [4.69, 9.17) is 17.0 Å². The third-order valence-electron chi connectivity index (χ3n) is 4.95. The van der Waals surface area contributed by atoms with Gasteiger partial charge in [-0.1, -0.05) is 0 Å². The quantitative estimate of drug-likeness (QED) is 0.668. The van der Waals surface area contributed by atoms with Crippen LogP contribution >= 0.6 is 12.2 Å². The Morgan fingerprint density at radius 3 is 2.96 bits per heavy atom. The Morgan fingerprint density at radius 2 is 2.25 bits per heavy atom. The molecule has 2 aromatic heterocycles. The highest BCUT2D eigenvalue weighted by atomic mass is 32.1. The molecule has 1 atom stereocenters. The largest absolute Gasteiger partial charge is 0.376 e. The van der Waals surface area contributed by atoms with E-state index in [-0.39, 0.29) is 0 Å². The highest BCUT2D eigenvalue weighted by Gasteiger charge is 2.29. The van der Waals surface area contributed by atoms with Gasteiger partial charge in [0.1, 0.15) is 0 Å². The van der Waals surface area contributed by atoms with Crippen molar-refractivity contribution < 1.29 is 4.74 Å². The number of nitrogens with one attached hydrogen (secondary N) is 1. The van der Waals surface area contributed by atoms with E-state index in [9.17, 15) is 0 Å². The Kier molecular flexibility index (Phi) is 4.14. The molecule has 0 radical (unpaired) electrons. The molecule has 128 valence electrons. The maximum Gasteiger partial charge on any atom is 0.216 e. The number of nitrogens with zero attached hydrogens (tertiary/aromatic N) is 4. The fourth-order valence-corrected chi connectivity index (χ4v) is 3.56. The summed E-state index contributed by atoms with van der Waals surface area (Å²) in [7, 11) is 0. The van der Waals surface area contributed by atoms with Crippen LogP contribution in [-0.4, -0.2) is 38.4 Å². The SMILES string of the molecule is Cc1cc(/C=N\n2c(C3CC3)n[nH]c2=S)c(C)n1C[C@H]1CCCO1. The summed E-state index contributed by atoms with van der Waals surface area (Å²) in [5.74, 6) is 1.45. The lowest BCUT2D eigenvalue weighted by Crippen LogP contribution is -2.16. The number of aryl methyl sites for hydroxylation is 1. The second-order valence-electron chi connectivity index (χ2n) is 6.79. The molecule has 6 nitrogen and oxygen atoms in total. The van der Waals surface area contributed by atoms with E-state index >= 15 is 0 Å². The van der Waals surface area contributed by atoms with Gasteiger partial charge in [0, 0.05) is 36.0 Å². The molecule has 0 amide bonds. The third-order valence-corrected chi connectivity index (χ3v) is 5.22. The molecule has 0 bridgehead atoms. The van der Waals surface area contributed by atoms with Crippen molar-refractivity contribution in [1.82, 2.24) is 19.4 Å². The lowest BCUT2D eigenvalue weighted by Gasteiger charge is -2.14. The standard InChI is InChI=1S/C17H23N5OS/c1-11-8-14(12(2)21(11)10-15-4-3-7-23-15)9-18-22-16(13-5-6-13)19-20-17(22)24/h8-9,13,15H,3-7,10H2,1-2H3,(H,20,24)/b18-9-/t15-/m1/s1. The minimum atomic E-state index is 0.337. The summed E-state index contributed by atoms with van der Waals surface area (Å²) in [5.41, 5.74) is 3.58. The van der Waals surface area contributed by atoms with Gasteiger partial charge < -0.3 is 9.30 Å². The zero-order chi connectivity index (χ0) is 16.7. The van der Waals surface area contributed by atoms with Crippen molar-refractivity contribution in [3.05, 3.63) is 33.6 Å². The first-order valence-corrected chi connectivity index (χ1v) is 9.04. The molecular formula is C17H23N5OS. The fourth-order valence-electron chi connectivity index (χ4n) is 3.37.